The van der Waals surface area contributed by atoms with Gasteiger partial charge in [-0.1, -0.05) is 17.7 Å². The topological polar surface area (TPSA) is 57.6 Å². The van der Waals surface area contributed by atoms with Gasteiger partial charge in [0.25, 0.3) is 5.91 Å². The minimum atomic E-state index is -0.975. The highest BCUT2D eigenvalue weighted by Crippen LogP contribution is 2.26. The Morgan fingerprint density at radius 1 is 1.50 bits per heavy atom. The summed E-state index contributed by atoms with van der Waals surface area (Å²) in [6, 6.07) is 4.37. The minimum absolute atomic E-state index is 0.322. The molecule has 1 aromatic rings. The summed E-state index contributed by atoms with van der Waals surface area (Å²) in [6.45, 7) is 1.88. The monoisotopic (exact) mass is 285 g/mol. The number of carboxylic acid groups (broad SMARTS) is 1. The Morgan fingerprint density at radius 2 is 2.22 bits per heavy atom. The van der Waals surface area contributed by atoms with Crippen molar-refractivity contribution in [2.75, 3.05) is 11.6 Å². The van der Waals surface area contributed by atoms with Crippen molar-refractivity contribution < 1.29 is 14.7 Å². The van der Waals surface area contributed by atoms with E-state index in [9.17, 15) is 9.59 Å². The molecule has 1 aliphatic heterocycles. The van der Waals surface area contributed by atoms with Gasteiger partial charge < -0.3 is 10.0 Å². The van der Waals surface area contributed by atoms with Crippen molar-refractivity contribution >= 4 is 35.2 Å². The molecule has 2 rings (SSSR count). The fourth-order valence-corrected chi connectivity index (χ4v) is 3.26. The van der Waals surface area contributed by atoms with Crippen molar-refractivity contribution in [3.05, 3.63) is 34.3 Å². The predicted octanol–water partition coefficient (Wildman–Crippen LogP) is 2.25. The van der Waals surface area contributed by atoms with Crippen LogP contribution in [0.4, 0.5) is 0 Å². The molecule has 0 aliphatic carbocycles. The molecule has 0 radical (unpaired) electrons. The maximum absolute atomic E-state index is 12.3. The summed E-state index contributed by atoms with van der Waals surface area (Å²) in [5.41, 5.74) is 1.32. The first-order valence-electron chi connectivity index (χ1n) is 5.38. The van der Waals surface area contributed by atoms with Crippen LogP contribution in [0.2, 0.25) is 5.02 Å². The maximum atomic E-state index is 12.3. The number of aliphatic carboxylic acids is 1. The van der Waals surface area contributed by atoms with Crippen LogP contribution in [-0.2, 0) is 4.79 Å². The Morgan fingerprint density at radius 3 is 2.83 bits per heavy atom. The van der Waals surface area contributed by atoms with E-state index in [1.165, 1.54) is 16.7 Å². The number of nitrogens with zero attached hydrogens (tertiary/aromatic N) is 1. The molecule has 1 aromatic carbocycles. The van der Waals surface area contributed by atoms with Gasteiger partial charge in [0.1, 0.15) is 6.04 Å². The second-order valence-electron chi connectivity index (χ2n) is 4.11. The summed E-state index contributed by atoms with van der Waals surface area (Å²) < 4.78 is 0. The van der Waals surface area contributed by atoms with Crippen LogP contribution in [0.5, 0.6) is 0 Å². The van der Waals surface area contributed by atoms with E-state index in [-0.39, 0.29) is 5.91 Å². The van der Waals surface area contributed by atoms with Crippen molar-refractivity contribution in [1.29, 1.82) is 0 Å². The van der Waals surface area contributed by atoms with Crippen LogP contribution in [0, 0.1) is 6.92 Å². The van der Waals surface area contributed by atoms with E-state index in [2.05, 4.69) is 0 Å². The summed E-state index contributed by atoms with van der Waals surface area (Å²) in [6.07, 6.45) is 0. The second-order valence-corrected chi connectivity index (χ2v) is 5.52. The number of carbonyl (C=O) groups is 2. The van der Waals surface area contributed by atoms with Gasteiger partial charge in [0.05, 0.1) is 16.5 Å². The van der Waals surface area contributed by atoms with Crippen LogP contribution in [-0.4, -0.2) is 39.6 Å². The molecule has 1 fully saturated rings. The molecule has 1 heterocycles. The molecular formula is C12H12ClNO3S. The molecule has 0 aromatic heterocycles. The number of hydrogen-bond donors (Lipinski definition) is 1. The third kappa shape index (κ3) is 2.47. The zero-order valence-corrected chi connectivity index (χ0v) is 11.3. The average Bonchev–Trinajstić information content (AvgIpc) is 2.77. The fraction of sp³-hybridized carbons (Fsp3) is 0.333. The lowest BCUT2D eigenvalue weighted by Crippen LogP contribution is -2.41. The van der Waals surface area contributed by atoms with Gasteiger partial charge in [-0.3, -0.25) is 4.79 Å². The maximum Gasteiger partial charge on any atom is 0.327 e. The van der Waals surface area contributed by atoms with Crippen molar-refractivity contribution in [2.45, 2.75) is 13.0 Å². The SMILES string of the molecule is Cc1ccc(C(=O)N2CSC[C@H]2C(=O)O)c(Cl)c1. The number of hydrogen-bond acceptors (Lipinski definition) is 3. The standard InChI is InChI=1S/C12H12ClNO3S/c1-7-2-3-8(9(13)4-7)11(15)14-6-18-5-10(14)12(16)17/h2-4,10H,5-6H2,1H3,(H,16,17)/t10-/m0/s1. The number of carboxylic acids is 1. The first-order chi connectivity index (χ1) is 8.50. The molecule has 18 heavy (non-hydrogen) atoms. The van der Waals surface area contributed by atoms with E-state index in [0.29, 0.717) is 22.2 Å². The summed E-state index contributed by atoms with van der Waals surface area (Å²) >= 11 is 7.46. The Kier molecular flexibility index (Phi) is 3.82. The van der Waals surface area contributed by atoms with Crippen molar-refractivity contribution in [3.63, 3.8) is 0 Å². The first-order valence-corrected chi connectivity index (χ1v) is 6.91. The smallest absolute Gasteiger partial charge is 0.327 e. The lowest BCUT2D eigenvalue weighted by Gasteiger charge is -2.21. The molecule has 1 amide bonds. The first kappa shape index (κ1) is 13.2. The summed E-state index contributed by atoms with van der Waals surface area (Å²) in [5, 5.41) is 9.41. The number of aryl methyl sites for hydroxylation is 1. The Bertz CT molecular complexity index is 506. The van der Waals surface area contributed by atoms with Gasteiger partial charge >= 0.3 is 5.97 Å². The molecule has 1 atom stereocenters. The van der Waals surface area contributed by atoms with Crippen LogP contribution >= 0.6 is 23.4 Å². The molecule has 96 valence electrons. The Hall–Kier alpha value is -1.20. The molecule has 1 saturated heterocycles. The largest absolute Gasteiger partial charge is 0.480 e. The van der Waals surface area contributed by atoms with Crippen molar-refractivity contribution in [3.8, 4) is 0 Å². The van der Waals surface area contributed by atoms with Crippen LogP contribution in [0.3, 0.4) is 0 Å². The number of carbonyl (C=O) groups excluding carboxylic acids is 1. The number of amides is 1. The van der Waals surface area contributed by atoms with E-state index in [1.54, 1.807) is 18.2 Å². The molecule has 1 N–H and O–H groups in total. The van der Waals surface area contributed by atoms with Gasteiger partial charge in [0.2, 0.25) is 0 Å². The van der Waals surface area contributed by atoms with Crippen LogP contribution < -0.4 is 0 Å². The van der Waals surface area contributed by atoms with Gasteiger partial charge in [0.15, 0.2) is 0 Å². The van der Waals surface area contributed by atoms with Crippen molar-refractivity contribution in [2.24, 2.45) is 0 Å². The molecular weight excluding hydrogens is 274 g/mol. The van der Waals surface area contributed by atoms with Gasteiger partial charge in [-0.25, -0.2) is 4.79 Å². The van der Waals surface area contributed by atoms with Gasteiger partial charge in [0, 0.05) is 5.75 Å². The molecule has 1 aliphatic rings. The highest BCUT2D eigenvalue weighted by Gasteiger charge is 2.35. The summed E-state index contributed by atoms with van der Waals surface area (Å²) in [7, 11) is 0. The average molecular weight is 286 g/mol. The minimum Gasteiger partial charge on any atom is -0.480 e. The number of halogens is 1. The second kappa shape index (κ2) is 5.20. The summed E-state index contributed by atoms with van der Waals surface area (Å²) in [4.78, 5) is 24.7. The third-order valence-corrected chi connectivity index (χ3v) is 4.11. The predicted molar refractivity (Wildman–Crippen MR) is 71.1 cm³/mol. The quantitative estimate of drug-likeness (QED) is 0.905. The molecule has 0 spiro atoms. The van der Waals surface area contributed by atoms with Crippen LogP contribution in [0.1, 0.15) is 15.9 Å². The number of thioether (sulfide) groups is 1. The lowest BCUT2D eigenvalue weighted by molar-refractivity contribution is -0.140. The molecule has 0 unspecified atom stereocenters. The Labute approximate surface area is 114 Å². The highest BCUT2D eigenvalue weighted by molar-refractivity contribution is 7.99. The Balaban J connectivity index is 2.28. The third-order valence-electron chi connectivity index (χ3n) is 2.78. The van der Waals surface area contributed by atoms with E-state index < -0.39 is 12.0 Å². The number of benzene rings is 1. The van der Waals surface area contributed by atoms with E-state index in [1.807, 2.05) is 6.92 Å². The number of rotatable bonds is 2. The van der Waals surface area contributed by atoms with E-state index in [4.69, 9.17) is 16.7 Å². The van der Waals surface area contributed by atoms with E-state index in [0.717, 1.165) is 5.56 Å². The molecule has 0 saturated carbocycles. The van der Waals surface area contributed by atoms with Crippen LogP contribution in [0.15, 0.2) is 18.2 Å². The fourth-order valence-electron chi connectivity index (χ4n) is 1.80. The molecule has 0 bridgehead atoms. The normalized spacial score (nSPS) is 19.0. The van der Waals surface area contributed by atoms with E-state index >= 15 is 0 Å². The lowest BCUT2D eigenvalue weighted by atomic mass is 10.1. The van der Waals surface area contributed by atoms with Gasteiger partial charge in [-0.05, 0) is 24.6 Å². The van der Waals surface area contributed by atoms with Crippen LogP contribution in [0.25, 0.3) is 0 Å². The highest BCUT2D eigenvalue weighted by atomic mass is 35.5. The zero-order chi connectivity index (χ0) is 13.3. The van der Waals surface area contributed by atoms with Gasteiger partial charge in [-0.2, -0.15) is 0 Å². The molecule has 6 heteroatoms. The van der Waals surface area contributed by atoms with Gasteiger partial charge in [-0.15, -0.1) is 11.8 Å². The zero-order valence-electron chi connectivity index (χ0n) is 9.72. The summed E-state index contributed by atoms with van der Waals surface area (Å²) in [5.74, 6) is -0.487. The molecule has 4 nitrogen and oxygen atoms in total. The van der Waals surface area contributed by atoms with Crippen molar-refractivity contribution in [1.82, 2.24) is 4.90 Å².